The Morgan fingerprint density at radius 2 is 1.94 bits per heavy atom. The number of carbonyl (C=O) groups is 1. The van der Waals surface area contributed by atoms with Crippen molar-refractivity contribution in [3.05, 3.63) is 83.2 Å². The third-order valence-corrected chi connectivity index (χ3v) is 5.42. The molecule has 0 radical (unpaired) electrons. The van der Waals surface area contributed by atoms with Gasteiger partial charge in [-0.3, -0.25) is 9.69 Å². The lowest BCUT2D eigenvalue weighted by Crippen LogP contribution is -2.30. The molecule has 0 atom stereocenters. The fourth-order valence-corrected chi connectivity index (χ4v) is 3.80. The smallest absolute Gasteiger partial charge is 0.238 e. The van der Waals surface area contributed by atoms with Gasteiger partial charge >= 0.3 is 0 Å². The van der Waals surface area contributed by atoms with E-state index in [1.165, 1.54) is 6.33 Å². The van der Waals surface area contributed by atoms with E-state index in [4.69, 9.17) is 11.6 Å². The van der Waals surface area contributed by atoms with E-state index in [0.717, 1.165) is 22.6 Å². The molecule has 2 heterocycles. The number of hydrogen-bond donors (Lipinski definition) is 1. The van der Waals surface area contributed by atoms with Crippen LogP contribution in [-0.2, 0) is 11.3 Å². The van der Waals surface area contributed by atoms with Crippen molar-refractivity contribution in [1.29, 1.82) is 0 Å². The fourth-order valence-electron chi connectivity index (χ4n) is 3.63. The van der Waals surface area contributed by atoms with E-state index in [1.54, 1.807) is 29.2 Å². The third kappa shape index (κ3) is 4.71. The van der Waals surface area contributed by atoms with Gasteiger partial charge in [0.1, 0.15) is 12.7 Å². The predicted octanol–water partition coefficient (Wildman–Crippen LogP) is 3.79. The number of anilines is 1. The molecule has 8 nitrogen and oxygen atoms in total. The van der Waals surface area contributed by atoms with Crippen molar-refractivity contribution in [3.8, 4) is 11.4 Å². The number of halogens is 1. The number of aromatic nitrogens is 5. The molecule has 1 N–H and O–H groups in total. The highest BCUT2D eigenvalue weighted by molar-refractivity contribution is 6.31. The fraction of sp³-hybridized carbons (Fsp3) is 0.217. The first kappa shape index (κ1) is 21.7. The lowest BCUT2D eigenvalue weighted by Gasteiger charge is -2.18. The number of nitrogens with zero attached hydrogens (tertiary/aromatic N) is 6. The minimum Gasteiger partial charge on any atom is -0.323 e. The lowest BCUT2D eigenvalue weighted by molar-refractivity contribution is -0.117. The van der Waals surface area contributed by atoms with Crippen LogP contribution in [0.2, 0.25) is 5.02 Å². The Kier molecular flexibility index (Phi) is 6.34. The highest BCUT2D eigenvalue weighted by atomic mass is 35.5. The van der Waals surface area contributed by atoms with Crippen LogP contribution in [0.4, 0.5) is 5.69 Å². The minimum absolute atomic E-state index is 0.151. The highest BCUT2D eigenvalue weighted by Gasteiger charge is 2.17. The molecular formula is C23H24ClN7O. The van der Waals surface area contributed by atoms with Gasteiger partial charge < -0.3 is 5.32 Å². The maximum absolute atomic E-state index is 12.8. The van der Waals surface area contributed by atoms with Gasteiger partial charge in [-0.05, 0) is 51.2 Å². The first-order valence-corrected chi connectivity index (χ1v) is 10.5. The van der Waals surface area contributed by atoms with Crippen LogP contribution in [0.5, 0.6) is 0 Å². The van der Waals surface area contributed by atoms with E-state index in [1.807, 2.05) is 60.8 Å². The average molecular weight is 450 g/mol. The Morgan fingerprint density at radius 1 is 1.16 bits per heavy atom. The Hall–Kier alpha value is -3.49. The van der Waals surface area contributed by atoms with Crippen molar-refractivity contribution >= 4 is 23.2 Å². The number of hydrogen-bond acceptors (Lipinski definition) is 5. The minimum atomic E-state index is -0.151. The molecule has 1 amide bonds. The first-order chi connectivity index (χ1) is 15.4. The summed E-state index contributed by atoms with van der Waals surface area (Å²) in [5.74, 6) is -0.151. The molecule has 0 aliphatic carbocycles. The van der Waals surface area contributed by atoms with Gasteiger partial charge in [-0.25, -0.2) is 14.3 Å². The lowest BCUT2D eigenvalue weighted by atomic mass is 10.2. The van der Waals surface area contributed by atoms with Gasteiger partial charge in [-0.2, -0.15) is 10.2 Å². The number of para-hydroxylation sites is 1. The Bertz CT molecular complexity index is 1220. The molecule has 4 rings (SSSR count). The number of aryl methyl sites for hydroxylation is 1. The van der Waals surface area contributed by atoms with Crippen molar-refractivity contribution in [2.45, 2.75) is 20.4 Å². The molecular weight excluding hydrogens is 426 g/mol. The zero-order chi connectivity index (χ0) is 22.7. The molecule has 9 heteroatoms. The van der Waals surface area contributed by atoms with Crippen molar-refractivity contribution in [1.82, 2.24) is 29.4 Å². The van der Waals surface area contributed by atoms with Gasteiger partial charge in [-0.1, -0.05) is 29.8 Å². The van der Waals surface area contributed by atoms with E-state index < -0.39 is 0 Å². The maximum atomic E-state index is 12.8. The second-order valence-electron chi connectivity index (χ2n) is 7.62. The zero-order valence-electron chi connectivity index (χ0n) is 18.2. The average Bonchev–Trinajstić information content (AvgIpc) is 3.39. The number of benzene rings is 2. The number of amides is 1. The number of nitrogens with one attached hydrogen (secondary N) is 1. The van der Waals surface area contributed by atoms with Gasteiger partial charge in [0, 0.05) is 22.8 Å². The van der Waals surface area contributed by atoms with E-state index in [-0.39, 0.29) is 12.5 Å². The number of likely N-dealkylation sites (N-methyl/N-ethyl adjacent to an activating group) is 1. The van der Waals surface area contributed by atoms with E-state index in [9.17, 15) is 4.79 Å². The monoisotopic (exact) mass is 449 g/mol. The molecule has 0 saturated carbocycles. The summed E-state index contributed by atoms with van der Waals surface area (Å²) in [6.07, 6.45) is 3.01. The maximum Gasteiger partial charge on any atom is 0.238 e. The summed E-state index contributed by atoms with van der Waals surface area (Å²) in [4.78, 5) is 18.7. The summed E-state index contributed by atoms with van der Waals surface area (Å²) >= 11 is 6.15. The zero-order valence-corrected chi connectivity index (χ0v) is 18.9. The molecule has 0 fully saturated rings. The molecule has 0 aliphatic rings. The third-order valence-electron chi connectivity index (χ3n) is 5.18. The predicted molar refractivity (Wildman–Crippen MR) is 124 cm³/mol. The summed E-state index contributed by atoms with van der Waals surface area (Å²) < 4.78 is 3.52. The van der Waals surface area contributed by atoms with Crippen LogP contribution in [0.3, 0.4) is 0 Å². The SMILES string of the molecule is Cc1nn(-c2ccccc2)c(C)c1CN(C)CC(=O)Nc1cc(Cl)ccc1-n1cncn1. The summed E-state index contributed by atoms with van der Waals surface area (Å²) in [6.45, 7) is 4.85. The second-order valence-corrected chi connectivity index (χ2v) is 8.06. The van der Waals surface area contributed by atoms with Gasteiger partial charge in [0.25, 0.3) is 0 Å². The van der Waals surface area contributed by atoms with E-state index in [0.29, 0.717) is 22.9 Å². The van der Waals surface area contributed by atoms with Crippen LogP contribution in [0.15, 0.2) is 61.2 Å². The van der Waals surface area contributed by atoms with Gasteiger partial charge in [0.15, 0.2) is 0 Å². The summed E-state index contributed by atoms with van der Waals surface area (Å²) in [5.41, 5.74) is 5.40. The summed E-state index contributed by atoms with van der Waals surface area (Å²) in [7, 11) is 1.91. The molecule has 2 aromatic carbocycles. The largest absolute Gasteiger partial charge is 0.323 e. The molecule has 32 heavy (non-hydrogen) atoms. The Balaban J connectivity index is 1.46. The van der Waals surface area contributed by atoms with E-state index >= 15 is 0 Å². The van der Waals surface area contributed by atoms with Crippen LogP contribution < -0.4 is 5.32 Å². The van der Waals surface area contributed by atoms with Crippen LogP contribution in [0.1, 0.15) is 17.0 Å². The van der Waals surface area contributed by atoms with Gasteiger partial charge in [0.05, 0.1) is 29.3 Å². The van der Waals surface area contributed by atoms with Crippen molar-refractivity contribution in [2.75, 3.05) is 18.9 Å². The summed E-state index contributed by atoms with van der Waals surface area (Å²) in [6, 6.07) is 15.3. The Morgan fingerprint density at radius 3 is 2.66 bits per heavy atom. The molecule has 2 aromatic heterocycles. The molecule has 164 valence electrons. The first-order valence-electron chi connectivity index (χ1n) is 10.2. The van der Waals surface area contributed by atoms with Crippen LogP contribution in [0, 0.1) is 13.8 Å². The quantitative estimate of drug-likeness (QED) is 0.464. The molecule has 0 aliphatic heterocycles. The van der Waals surface area contributed by atoms with Crippen molar-refractivity contribution in [3.63, 3.8) is 0 Å². The second kappa shape index (κ2) is 9.33. The van der Waals surface area contributed by atoms with Crippen LogP contribution in [0.25, 0.3) is 11.4 Å². The van der Waals surface area contributed by atoms with Gasteiger partial charge in [0.2, 0.25) is 5.91 Å². The topological polar surface area (TPSA) is 80.9 Å². The Labute approximate surface area is 191 Å². The molecule has 0 bridgehead atoms. The highest BCUT2D eigenvalue weighted by Crippen LogP contribution is 2.24. The van der Waals surface area contributed by atoms with Crippen LogP contribution in [-0.4, -0.2) is 48.9 Å². The van der Waals surface area contributed by atoms with Crippen LogP contribution >= 0.6 is 11.6 Å². The van der Waals surface area contributed by atoms with E-state index in [2.05, 4.69) is 20.5 Å². The normalized spacial score (nSPS) is 11.2. The molecule has 0 unspecified atom stereocenters. The number of rotatable bonds is 7. The molecule has 0 saturated heterocycles. The molecule has 4 aromatic rings. The van der Waals surface area contributed by atoms with Gasteiger partial charge in [-0.15, -0.1) is 0 Å². The molecule has 0 spiro atoms. The van der Waals surface area contributed by atoms with Crippen molar-refractivity contribution in [2.24, 2.45) is 0 Å². The standard InChI is InChI=1S/C23H24ClN7O/c1-16-20(17(2)31(28-16)19-7-5-4-6-8-19)12-29(3)13-23(32)27-21-11-18(24)9-10-22(21)30-15-25-14-26-30/h4-11,14-15H,12-13H2,1-3H3,(H,27,32). The number of carbonyl (C=O) groups excluding carboxylic acids is 1. The van der Waals surface area contributed by atoms with Crippen molar-refractivity contribution < 1.29 is 4.79 Å². The summed E-state index contributed by atoms with van der Waals surface area (Å²) in [5, 5.41) is 12.3.